The second-order valence-electron chi connectivity index (χ2n) is 6.95. The minimum atomic E-state index is 1.02. The van der Waals surface area contributed by atoms with Crippen LogP contribution in [0.5, 0.6) is 0 Å². The van der Waals surface area contributed by atoms with E-state index in [-0.39, 0.29) is 0 Å². The Morgan fingerprint density at radius 2 is 1.33 bits per heavy atom. The molecule has 2 nitrogen and oxygen atoms in total. The van der Waals surface area contributed by atoms with Crippen molar-refractivity contribution >= 4 is 43.4 Å². The van der Waals surface area contributed by atoms with Crippen molar-refractivity contribution in [3.05, 3.63) is 91.1 Å². The van der Waals surface area contributed by atoms with Gasteiger partial charge >= 0.3 is 0 Å². The first-order valence-corrected chi connectivity index (χ1v) is 9.16. The number of para-hydroxylation sites is 1. The van der Waals surface area contributed by atoms with Crippen molar-refractivity contribution in [1.82, 2.24) is 9.97 Å². The van der Waals surface area contributed by atoms with Crippen molar-refractivity contribution in [2.75, 3.05) is 0 Å². The third kappa shape index (κ3) is 2.04. The number of hydrogen-bond acceptors (Lipinski definition) is 1. The SMILES string of the molecule is c1ccc2c(-c3cc4ccccc4c4c3[nH]c3ccccc34)nccc2c1. The van der Waals surface area contributed by atoms with Crippen molar-refractivity contribution in [2.45, 2.75) is 0 Å². The van der Waals surface area contributed by atoms with E-state index in [1.807, 2.05) is 6.20 Å². The lowest BCUT2D eigenvalue weighted by Gasteiger charge is -2.10. The van der Waals surface area contributed by atoms with Crippen molar-refractivity contribution in [3.8, 4) is 11.3 Å². The summed E-state index contributed by atoms with van der Waals surface area (Å²) in [6.45, 7) is 0. The molecule has 6 rings (SSSR count). The van der Waals surface area contributed by atoms with Crippen molar-refractivity contribution < 1.29 is 0 Å². The molecule has 126 valence electrons. The van der Waals surface area contributed by atoms with Crippen LogP contribution in [-0.2, 0) is 0 Å². The van der Waals surface area contributed by atoms with Crippen molar-refractivity contribution in [3.63, 3.8) is 0 Å². The monoisotopic (exact) mass is 344 g/mol. The van der Waals surface area contributed by atoms with Gasteiger partial charge in [0.15, 0.2) is 0 Å². The molecule has 0 bridgehead atoms. The Hall–Kier alpha value is -3.65. The molecule has 0 aliphatic carbocycles. The van der Waals surface area contributed by atoms with Crippen molar-refractivity contribution in [2.24, 2.45) is 0 Å². The summed E-state index contributed by atoms with van der Waals surface area (Å²) < 4.78 is 0. The Kier molecular flexibility index (Phi) is 2.91. The average molecular weight is 344 g/mol. The molecule has 0 radical (unpaired) electrons. The minimum Gasteiger partial charge on any atom is -0.354 e. The fraction of sp³-hybridized carbons (Fsp3) is 0. The van der Waals surface area contributed by atoms with Gasteiger partial charge in [-0.2, -0.15) is 0 Å². The number of nitrogens with zero attached hydrogens (tertiary/aromatic N) is 1. The Labute approximate surface area is 156 Å². The summed E-state index contributed by atoms with van der Waals surface area (Å²) in [5.74, 6) is 0. The molecule has 0 atom stereocenters. The Bertz CT molecular complexity index is 1470. The highest BCUT2D eigenvalue weighted by atomic mass is 14.7. The first-order valence-electron chi connectivity index (χ1n) is 9.16. The maximum absolute atomic E-state index is 4.78. The summed E-state index contributed by atoms with van der Waals surface area (Å²) in [5.41, 5.74) is 4.48. The predicted molar refractivity (Wildman–Crippen MR) is 114 cm³/mol. The van der Waals surface area contributed by atoms with Gasteiger partial charge in [0.1, 0.15) is 0 Å². The third-order valence-corrected chi connectivity index (χ3v) is 5.43. The van der Waals surface area contributed by atoms with Gasteiger partial charge in [-0.3, -0.25) is 4.98 Å². The van der Waals surface area contributed by atoms with Crippen LogP contribution in [0.2, 0.25) is 0 Å². The summed E-state index contributed by atoms with van der Waals surface area (Å²) in [7, 11) is 0. The van der Waals surface area contributed by atoms with Crippen LogP contribution in [0, 0.1) is 0 Å². The molecule has 2 aromatic heterocycles. The van der Waals surface area contributed by atoms with E-state index < -0.39 is 0 Å². The molecular formula is C25H16N2. The van der Waals surface area contributed by atoms with Gasteiger partial charge in [-0.25, -0.2) is 0 Å². The van der Waals surface area contributed by atoms with Gasteiger partial charge in [0.25, 0.3) is 0 Å². The highest BCUT2D eigenvalue weighted by Crippen LogP contribution is 2.39. The molecule has 0 spiro atoms. The number of aromatic nitrogens is 2. The number of nitrogens with one attached hydrogen (secondary N) is 1. The number of rotatable bonds is 1. The number of benzene rings is 4. The number of hydrogen-bond donors (Lipinski definition) is 1. The molecule has 0 fully saturated rings. The topological polar surface area (TPSA) is 28.7 Å². The quantitative estimate of drug-likeness (QED) is 0.354. The van der Waals surface area contributed by atoms with E-state index in [0.29, 0.717) is 0 Å². The normalized spacial score (nSPS) is 11.7. The fourth-order valence-corrected chi connectivity index (χ4v) is 4.22. The second kappa shape index (κ2) is 5.42. The van der Waals surface area contributed by atoms with E-state index in [2.05, 4.69) is 89.9 Å². The van der Waals surface area contributed by atoms with E-state index >= 15 is 0 Å². The minimum absolute atomic E-state index is 1.02. The summed E-state index contributed by atoms with van der Waals surface area (Å²) in [5, 5.41) is 7.42. The number of aromatic amines is 1. The molecule has 6 aromatic rings. The maximum atomic E-state index is 4.78. The first-order chi connectivity index (χ1) is 13.4. The Morgan fingerprint density at radius 1 is 0.630 bits per heavy atom. The zero-order valence-corrected chi connectivity index (χ0v) is 14.6. The number of fused-ring (bicyclic) bond motifs is 6. The van der Waals surface area contributed by atoms with Crippen LogP contribution in [-0.4, -0.2) is 9.97 Å². The highest BCUT2D eigenvalue weighted by molar-refractivity contribution is 6.24. The molecule has 0 amide bonds. The van der Waals surface area contributed by atoms with Crippen LogP contribution in [0.3, 0.4) is 0 Å². The number of pyridine rings is 1. The summed E-state index contributed by atoms with van der Waals surface area (Å²) in [4.78, 5) is 8.45. The molecule has 2 heterocycles. The zero-order chi connectivity index (χ0) is 17.8. The smallest absolute Gasteiger partial charge is 0.0801 e. The standard InChI is InChI=1S/C25H16N2/c1-4-10-19-16(7-1)13-14-26-24(19)21-15-17-8-2-3-9-18(17)23-20-11-5-6-12-22(20)27-25(21)23/h1-15,27H. The van der Waals surface area contributed by atoms with Crippen LogP contribution in [0.1, 0.15) is 0 Å². The zero-order valence-electron chi connectivity index (χ0n) is 14.6. The van der Waals surface area contributed by atoms with Gasteiger partial charge in [-0.15, -0.1) is 0 Å². The van der Waals surface area contributed by atoms with Crippen LogP contribution < -0.4 is 0 Å². The third-order valence-electron chi connectivity index (χ3n) is 5.43. The van der Waals surface area contributed by atoms with Crippen LogP contribution >= 0.6 is 0 Å². The lowest BCUT2D eigenvalue weighted by atomic mass is 9.96. The van der Waals surface area contributed by atoms with Gasteiger partial charge < -0.3 is 4.98 Å². The molecular weight excluding hydrogens is 328 g/mol. The Morgan fingerprint density at radius 3 is 2.22 bits per heavy atom. The van der Waals surface area contributed by atoms with E-state index in [0.717, 1.165) is 22.3 Å². The molecule has 0 saturated carbocycles. The number of H-pyrrole nitrogens is 1. The lowest BCUT2D eigenvalue weighted by molar-refractivity contribution is 1.36. The second-order valence-corrected chi connectivity index (χ2v) is 6.95. The van der Waals surface area contributed by atoms with Crippen LogP contribution in [0.15, 0.2) is 91.1 Å². The Balaban J connectivity index is 1.86. The predicted octanol–water partition coefficient (Wildman–Crippen LogP) is 6.69. The largest absolute Gasteiger partial charge is 0.354 e. The van der Waals surface area contributed by atoms with Gasteiger partial charge in [0.05, 0.1) is 11.2 Å². The maximum Gasteiger partial charge on any atom is 0.0801 e. The first kappa shape index (κ1) is 14.5. The molecule has 2 heteroatoms. The van der Waals surface area contributed by atoms with E-state index in [1.54, 1.807) is 0 Å². The molecule has 0 aliphatic heterocycles. The van der Waals surface area contributed by atoms with Gasteiger partial charge in [-0.1, -0.05) is 66.7 Å². The van der Waals surface area contributed by atoms with Crippen molar-refractivity contribution in [1.29, 1.82) is 0 Å². The molecule has 0 unspecified atom stereocenters. The highest BCUT2D eigenvalue weighted by Gasteiger charge is 2.15. The van der Waals surface area contributed by atoms with E-state index in [1.165, 1.54) is 32.3 Å². The van der Waals surface area contributed by atoms with Gasteiger partial charge in [0.2, 0.25) is 0 Å². The van der Waals surface area contributed by atoms with E-state index in [4.69, 9.17) is 4.98 Å². The average Bonchev–Trinajstić information content (AvgIpc) is 3.13. The lowest BCUT2D eigenvalue weighted by Crippen LogP contribution is -1.88. The van der Waals surface area contributed by atoms with Gasteiger partial charge in [0, 0.05) is 33.4 Å². The summed E-state index contributed by atoms with van der Waals surface area (Å²) in [6.07, 6.45) is 1.90. The molecule has 0 saturated heterocycles. The summed E-state index contributed by atoms with van der Waals surface area (Å²) in [6, 6.07) is 29.9. The van der Waals surface area contributed by atoms with Gasteiger partial charge in [-0.05, 0) is 34.4 Å². The summed E-state index contributed by atoms with van der Waals surface area (Å²) >= 11 is 0. The fourth-order valence-electron chi connectivity index (χ4n) is 4.22. The molecule has 1 N–H and O–H groups in total. The molecule has 0 aliphatic rings. The molecule has 4 aromatic carbocycles. The van der Waals surface area contributed by atoms with E-state index in [9.17, 15) is 0 Å². The molecule has 27 heavy (non-hydrogen) atoms. The van der Waals surface area contributed by atoms with Crippen LogP contribution in [0.4, 0.5) is 0 Å². The van der Waals surface area contributed by atoms with Crippen LogP contribution in [0.25, 0.3) is 54.6 Å².